The van der Waals surface area contributed by atoms with Crippen LogP contribution >= 0.6 is 11.3 Å². The Labute approximate surface area is 183 Å². The van der Waals surface area contributed by atoms with Gasteiger partial charge in [0, 0.05) is 0 Å². The van der Waals surface area contributed by atoms with Crippen molar-refractivity contribution in [1.29, 1.82) is 0 Å². The maximum Gasteiger partial charge on any atom is 0.348 e. The number of aromatic nitrogens is 4. The molecule has 0 saturated heterocycles. The number of methoxy groups -OCH3 is 2. The summed E-state index contributed by atoms with van der Waals surface area (Å²) in [5, 5.41) is 5.31. The lowest BCUT2D eigenvalue weighted by atomic mass is 10.1. The molecule has 0 aliphatic rings. The third-order valence-electron chi connectivity index (χ3n) is 4.93. The van der Waals surface area contributed by atoms with Crippen molar-refractivity contribution in [2.75, 3.05) is 14.2 Å². The highest BCUT2D eigenvalue weighted by molar-refractivity contribution is 7.20. The molecule has 0 amide bonds. The molecular formula is C22H22N4O4S. The van der Waals surface area contributed by atoms with Gasteiger partial charge in [-0.3, -0.25) is 0 Å². The summed E-state index contributed by atoms with van der Waals surface area (Å²) in [5.41, 5.74) is 2.48. The average Bonchev–Trinajstić information content (AvgIpc) is 3.35. The smallest absolute Gasteiger partial charge is 0.348 e. The van der Waals surface area contributed by atoms with Crippen molar-refractivity contribution in [2.45, 2.75) is 26.4 Å². The van der Waals surface area contributed by atoms with Crippen molar-refractivity contribution in [2.24, 2.45) is 0 Å². The predicted molar refractivity (Wildman–Crippen MR) is 118 cm³/mol. The van der Waals surface area contributed by atoms with Crippen LogP contribution in [0.3, 0.4) is 0 Å². The maximum absolute atomic E-state index is 12.1. The number of rotatable bonds is 7. The second kappa shape index (κ2) is 8.35. The Morgan fingerprint density at radius 3 is 2.84 bits per heavy atom. The Hall–Kier alpha value is -3.46. The molecule has 0 aliphatic heterocycles. The molecule has 0 spiro atoms. The molecule has 4 rings (SSSR count). The lowest BCUT2D eigenvalue weighted by molar-refractivity contribution is 0.0605. The summed E-state index contributed by atoms with van der Waals surface area (Å²) in [6.45, 7) is 7.50. The summed E-state index contributed by atoms with van der Waals surface area (Å²) in [6, 6.07) is 5.77. The molecule has 160 valence electrons. The molecule has 1 aromatic carbocycles. The first-order chi connectivity index (χ1) is 15.0. The molecule has 3 heterocycles. The van der Waals surface area contributed by atoms with Crippen LogP contribution < -0.4 is 9.47 Å². The molecule has 1 atom stereocenters. The van der Waals surface area contributed by atoms with Gasteiger partial charge in [0.1, 0.15) is 16.0 Å². The third-order valence-corrected chi connectivity index (χ3v) is 6.11. The van der Waals surface area contributed by atoms with Gasteiger partial charge in [-0.1, -0.05) is 12.1 Å². The fourth-order valence-corrected chi connectivity index (χ4v) is 4.42. The van der Waals surface area contributed by atoms with E-state index in [2.05, 4.69) is 21.6 Å². The van der Waals surface area contributed by atoms with E-state index in [0.29, 0.717) is 32.7 Å². The number of esters is 1. The Morgan fingerprint density at radius 1 is 1.32 bits per heavy atom. The van der Waals surface area contributed by atoms with Crippen LogP contribution in [0.15, 0.2) is 37.2 Å². The van der Waals surface area contributed by atoms with E-state index >= 15 is 0 Å². The molecule has 0 aliphatic carbocycles. The number of benzene rings is 1. The number of hydrogen-bond donors (Lipinski definition) is 0. The van der Waals surface area contributed by atoms with Crippen LogP contribution in [0.1, 0.15) is 39.7 Å². The zero-order valence-corrected chi connectivity index (χ0v) is 18.5. The fourth-order valence-electron chi connectivity index (χ4n) is 3.36. The second-order valence-electron chi connectivity index (χ2n) is 6.95. The molecule has 0 saturated carbocycles. The molecule has 8 nitrogen and oxygen atoms in total. The van der Waals surface area contributed by atoms with Crippen molar-refractivity contribution >= 4 is 33.2 Å². The van der Waals surface area contributed by atoms with E-state index in [1.54, 1.807) is 18.0 Å². The highest BCUT2D eigenvalue weighted by atomic mass is 32.1. The molecule has 0 bridgehead atoms. The van der Waals surface area contributed by atoms with E-state index in [1.807, 2.05) is 38.1 Å². The first-order valence-corrected chi connectivity index (χ1v) is 10.5. The molecule has 0 radical (unpaired) electrons. The molecule has 0 fully saturated rings. The monoisotopic (exact) mass is 438 g/mol. The van der Waals surface area contributed by atoms with Gasteiger partial charge in [0.2, 0.25) is 0 Å². The number of ether oxygens (including phenoxy) is 3. The molecule has 1 unspecified atom stereocenters. The lowest BCUT2D eigenvalue weighted by Crippen LogP contribution is -2.06. The molecular weight excluding hydrogens is 416 g/mol. The van der Waals surface area contributed by atoms with Crippen LogP contribution in [-0.2, 0) is 11.2 Å². The topological polar surface area (TPSA) is 87.8 Å². The standard InChI is InChI=1S/C22H22N4O4S/c1-6-7-14-8-9-15(16(10-14)28-4)30-13(3)19-24-20-17-12(2)18(22(27)29-5)31-21(17)23-11-26(20)25-19/h6,8-11,13H,1,7H2,2-5H3. The molecule has 31 heavy (non-hydrogen) atoms. The predicted octanol–water partition coefficient (Wildman–Crippen LogP) is 4.31. The van der Waals surface area contributed by atoms with E-state index in [4.69, 9.17) is 14.2 Å². The summed E-state index contributed by atoms with van der Waals surface area (Å²) in [7, 11) is 2.97. The maximum atomic E-state index is 12.1. The van der Waals surface area contributed by atoms with E-state index < -0.39 is 6.10 Å². The minimum absolute atomic E-state index is 0.387. The first kappa shape index (κ1) is 20.8. The summed E-state index contributed by atoms with van der Waals surface area (Å²) < 4.78 is 18.1. The van der Waals surface area contributed by atoms with Crippen molar-refractivity contribution in [3.05, 3.63) is 59.0 Å². The summed E-state index contributed by atoms with van der Waals surface area (Å²) in [4.78, 5) is 22.4. The van der Waals surface area contributed by atoms with Gasteiger partial charge in [-0.15, -0.1) is 23.0 Å². The van der Waals surface area contributed by atoms with Crippen molar-refractivity contribution in [1.82, 2.24) is 19.6 Å². The average molecular weight is 439 g/mol. The first-order valence-electron chi connectivity index (χ1n) is 9.64. The molecule has 0 N–H and O–H groups in total. The second-order valence-corrected chi connectivity index (χ2v) is 7.95. The quantitative estimate of drug-likeness (QED) is 0.314. The van der Waals surface area contributed by atoms with Crippen LogP contribution in [0, 0.1) is 6.92 Å². The van der Waals surface area contributed by atoms with Gasteiger partial charge in [-0.05, 0) is 43.5 Å². The number of carbonyl (C=O) groups excluding carboxylic acids is 1. The minimum Gasteiger partial charge on any atom is -0.493 e. The van der Waals surface area contributed by atoms with E-state index in [9.17, 15) is 4.79 Å². The molecule has 3 aromatic heterocycles. The Bertz CT molecular complexity index is 1290. The Balaban J connectivity index is 1.70. The van der Waals surface area contributed by atoms with E-state index in [0.717, 1.165) is 22.9 Å². The number of thiophene rings is 1. The third kappa shape index (κ3) is 3.72. The number of carbonyl (C=O) groups is 1. The van der Waals surface area contributed by atoms with Crippen molar-refractivity contribution in [3.8, 4) is 11.5 Å². The largest absolute Gasteiger partial charge is 0.493 e. The number of fused-ring (bicyclic) bond motifs is 3. The molecule has 4 aromatic rings. The molecule has 9 heteroatoms. The van der Waals surface area contributed by atoms with Gasteiger partial charge in [-0.2, -0.15) is 0 Å². The Kier molecular flexibility index (Phi) is 5.60. The van der Waals surface area contributed by atoms with Gasteiger partial charge in [-0.25, -0.2) is 19.3 Å². The number of hydrogen-bond acceptors (Lipinski definition) is 8. The minimum atomic E-state index is -0.437. The van der Waals surface area contributed by atoms with Gasteiger partial charge in [0.25, 0.3) is 0 Å². The van der Waals surface area contributed by atoms with Crippen molar-refractivity contribution in [3.63, 3.8) is 0 Å². The lowest BCUT2D eigenvalue weighted by Gasteiger charge is -2.15. The van der Waals surface area contributed by atoms with E-state index in [1.165, 1.54) is 18.4 Å². The van der Waals surface area contributed by atoms with Crippen LogP contribution in [0.25, 0.3) is 15.9 Å². The van der Waals surface area contributed by atoms with Crippen LogP contribution in [0.5, 0.6) is 11.5 Å². The highest BCUT2D eigenvalue weighted by Crippen LogP contribution is 2.34. The van der Waals surface area contributed by atoms with Gasteiger partial charge in [0.15, 0.2) is 29.1 Å². The van der Waals surface area contributed by atoms with Crippen molar-refractivity contribution < 1.29 is 19.0 Å². The van der Waals surface area contributed by atoms with Gasteiger partial charge in [0.05, 0.1) is 19.6 Å². The summed E-state index contributed by atoms with van der Waals surface area (Å²) >= 11 is 1.28. The van der Waals surface area contributed by atoms with E-state index in [-0.39, 0.29) is 5.97 Å². The zero-order valence-electron chi connectivity index (χ0n) is 17.7. The highest BCUT2D eigenvalue weighted by Gasteiger charge is 2.22. The number of aryl methyl sites for hydroxylation is 1. The number of nitrogens with zero attached hydrogens (tertiary/aromatic N) is 4. The zero-order chi connectivity index (χ0) is 22.1. The van der Waals surface area contributed by atoms with Crippen LogP contribution in [-0.4, -0.2) is 39.8 Å². The van der Waals surface area contributed by atoms with Crippen LogP contribution in [0.4, 0.5) is 0 Å². The fraction of sp³-hybridized carbons (Fsp3) is 0.273. The SMILES string of the molecule is C=CCc1ccc(OC(C)c2nc3c4c(C)c(C(=O)OC)sc4ncn3n2)c(OC)c1. The summed E-state index contributed by atoms with van der Waals surface area (Å²) in [5.74, 6) is 1.35. The van der Waals surface area contributed by atoms with Gasteiger partial charge >= 0.3 is 5.97 Å². The van der Waals surface area contributed by atoms with Gasteiger partial charge < -0.3 is 14.2 Å². The summed E-state index contributed by atoms with van der Waals surface area (Å²) in [6.07, 6.45) is 3.73. The Morgan fingerprint density at radius 2 is 2.13 bits per heavy atom. The number of allylic oxidation sites excluding steroid dienone is 1. The normalized spacial score (nSPS) is 12.1. The van der Waals surface area contributed by atoms with Crippen LogP contribution in [0.2, 0.25) is 0 Å².